The Labute approximate surface area is 103 Å². The first-order valence-electron chi connectivity index (χ1n) is 5.72. The zero-order chi connectivity index (χ0) is 13.1. The Bertz CT molecular complexity index is 460. The fraction of sp³-hybridized carbons (Fsp3) is 0.417. The van der Waals surface area contributed by atoms with Gasteiger partial charge in [0.15, 0.2) is 0 Å². The van der Waals surface area contributed by atoms with Gasteiger partial charge in [0, 0.05) is 12.7 Å². The predicted octanol–water partition coefficient (Wildman–Crippen LogP) is 2.05. The average molecular weight is 256 g/mol. The van der Waals surface area contributed by atoms with E-state index >= 15 is 0 Å². The topological polar surface area (TPSA) is 64.3 Å². The van der Waals surface area contributed by atoms with Crippen LogP contribution in [-0.2, 0) is 9.53 Å². The third-order valence-electron chi connectivity index (χ3n) is 2.80. The van der Waals surface area contributed by atoms with E-state index in [9.17, 15) is 13.6 Å². The molecule has 2 rings (SSSR count). The lowest BCUT2D eigenvalue weighted by Gasteiger charge is -2.11. The molecular weight excluding hydrogens is 242 g/mol. The van der Waals surface area contributed by atoms with Gasteiger partial charge in [0.05, 0.1) is 23.9 Å². The standard InChI is InChI=1S/C12H14F2N2O2/c13-8-5-9(14)11(6-10(8)15)16-12(17)4-7-2-1-3-18-7/h5-7H,1-4,15H2,(H,16,17). The monoisotopic (exact) mass is 256 g/mol. The van der Waals surface area contributed by atoms with Gasteiger partial charge in [-0.3, -0.25) is 4.79 Å². The molecule has 0 spiro atoms. The van der Waals surface area contributed by atoms with Crippen molar-refractivity contribution < 1.29 is 18.3 Å². The lowest BCUT2D eigenvalue weighted by Crippen LogP contribution is -2.20. The van der Waals surface area contributed by atoms with Crippen molar-refractivity contribution in [3.8, 4) is 0 Å². The van der Waals surface area contributed by atoms with E-state index in [0.717, 1.165) is 18.9 Å². The van der Waals surface area contributed by atoms with Crippen LogP contribution >= 0.6 is 0 Å². The molecule has 1 aromatic rings. The van der Waals surface area contributed by atoms with Gasteiger partial charge in [-0.1, -0.05) is 0 Å². The van der Waals surface area contributed by atoms with Crippen LogP contribution in [0.4, 0.5) is 20.2 Å². The molecular formula is C12H14F2N2O2. The summed E-state index contributed by atoms with van der Waals surface area (Å²) < 4.78 is 31.6. The molecule has 6 heteroatoms. The first kappa shape index (κ1) is 12.8. The van der Waals surface area contributed by atoms with Gasteiger partial charge in [-0.25, -0.2) is 8.78 Å². The van der Waals surface area contributed by atoms with Crippen LogP contribution in [0.3, 0.4) is 0 Å². The molecule has 0 radical (unpaired) electrons. The number of benzene rings is 1. The number of halogens is 2. The van der Waals surface area contributed by atoms with Gasteiger partial charge in [-0.05, 0) is 18.9 Å². The number of nitrogens with two attached hydrogens (primary N) is 1. The number of amides is 1. The van der Waals surface area contributed by atoms with Crippen molar-refractivity contribution in [3.05, 3.63) is 23.8 Å². The number of rotatable bonds is 3. The maximum atomic E-state index is 13.4. The third-order valence-corrected chi connectivity index (χ3v) is 2.80. The number of nitrogen functional groups attached to an aromatic ring is 1. The second-order valence-electron chi connectivity index (χ2n) is 4.24. The largest absolute Gasteiger partial charge is 0.396 e. The number of hydrogen-bond donors (Lipinski definition) is 2. The van der Waals surface area contributed by atoms with Gasteiger partial charge in [-0.15, -0.1) is 0 Å². The van der Waals surface area contributed by atoms with Gasteiger partial charge in [0.2, 0.25) is 5.91 Å². The van der Waals surface area contributed by atoms with E-state index < -0.39 is 11.6 Å². The Morgan fingerprint density at radius 2 is 2.22 bits per heavy atom. The summed E-state index contributed by atoms with van der Waals surface area (Å²) >= 11 is 0. The van der Waals surface area contributed by atoms with E-state index in [-0.39, 0.29) is 29.8 Å². The van der Waals surface area contributed by atoms with Crippen LogP contribution in [0.2, 0.25) is 0 Å². The second-order valence-corrected chi connectivity index (χ2v) is 4.24. The quantitative estimate of drug-likeness (QED) is 0.813. The van der Waals surface area contributed by atoms with E-state index in [2.05, 4.69) is 5.32 Å². The predicted molar refractivity (Wildman–Crippen MR) is 63.0 cm³/mol. The molecule has 1 fully saturated rings. The van der Waals surface area contributed by atoms with Crippen LogP contribution < -0.4 is 11.1 Å². The molecule has 0 aromatic heterocycles. The summed E-state index contributed by atoms with van der Waals surface area (Å²) in [6.45, 7) is 0.649. The molecule has 0 saturated carbocycles. The van der Waals surface area contributed by atoms with Crippen LogP contribution in [0.25, 0.3) is 0 Å². The van der Waals surface area contributed by atoms with E-state index in [1.165, 1.54) is 0 Å². The normalized spacial score (nSPS) is 18.9. The summed E-state index contributed by atoms with van der Waals surface area (Å²) in [4.78, 5) is 11.6. The summed E-state index contributed by atoms with van der Waals surface area (Å²) in [7, 11) is 0. The molecule has 1 aliphatic rings. The third kappa shape index (κ3) is 2.95. The van der Waals surface area contributed by atoms with Crippen LogP contribution in [0.1, 0.15) is 19.3 Å². The van der Waals surface area contributed by atoms with Gasteiger partial charge in [-0.2, -0.15) is 0 Å². The highest BCUT2D eigenvalue weighted by Gasteiger charge is 2.20. The Hall–Kier alpha value is -1.69. The fourth-order valence-electron chi connectivity index (χ4n) is 1.87. The second kappa shape index (κ2) is 5.30. The summed E-state index contributed by atoms with van der Waals surface area (Å²) in [5, 5.41) is 2.36. The van der Waals surface area contributed by atoms with Crippen molar-refractivity contribution in [1.82, 2.24) is 0 Å². The van der Waals surface area contributed by atoms with E-state index in [1.54, 1.807) is 0 Å². The van der Waals surface area contributed by atoms with Crippen molar-refractivity contribution in [1.29, 1.82) is 0 Å². The van der Waals surface area contributed by atoms with E-state index in [4.69, 9.17) is 10.5 Å². The highest BCUT2D eigenvalue weighted by molar-refractivity contribution is 5.91. The molecule has 4 nitrogen and oxygen atoms in total. The molecule has 1 amide bonds. The minimum absolute atomic E-state index is 0.114. The average Bonchev–Trinajstić information content (AvgIpc) is 2.78. The number of carbonyl (C=O) groups is 1. The Balaban J connectivity index is 2.00. The molecule has 1 aromatic carbocycles. The van der Waals surface area contributed by atoms with Crippen molar-refractivity contribution in [3.63, 3.8) is 0 Å². The number of anilines is 2. The summed E-state index contributed by atoms with van der Waals surface area (Å²) in [6.07, 6.45) is 1.79. The first-order chi connectivity index (χ1) is 8.56. The maximum Gasteiger partial charge on any atom is 0.227 e. The van der Waals surface area contributed by atoms with Crippen LogP contribution in [0.15, 0.2) is 12.1 Å². The fourth-order valence-corrected chi connectivity index (χ4v) is 1.87. The minimum atomic E-state index is -0.845. The zero-order valence-corrected chi connectivity index (χ0v) is 9.71. The summed E-state index contributed by atoms with van der Waals surface area (Å²) in [6, 6.07) is 1.72. The lowest BCUT2D eigenvalue weighted by molar-refractivity contribution is -0.118. The van der Waals surface area contributed by atoms with Crippen molar-refractivity contribution >= 4 is 17.3 Å². The van der Waals surface area contributed by atoms with Gasteiger partial charge in [0.1, 0.15) is 11.6 Å². The van der Waals surface area contributed by atoms with Crippen LogP contribution in [-0.4, -0.2) is 18.6 Å². The van der Waals surface area contributed by atoms with Crippen LogP contribution in [0.5, 0.6) is 0 Å². The summed E-state index contributed by atoms with van der Waals surface area (Å²) in [5.74, 6) is -2.06. The van der Waals surface area contributed by atoms with Gasteiger partial charge in [0.25, 0.3) is 0 Å². The Morgan fingerprint density at radius 3 is 2.89 bits per heavy atom. The molecule has 18 heavy (non-hydrogen) atoms. The SMILES string of the molecule is Nc1cc(NC(=O)CC2CCCO2)c(F)cc1F. The first-order valence-corrected chi connectivity index (χ1v) is 5.72. The van der Waals surface area contributed by atoms with E-state index in [0.29, 0.717) is 12.7 Å². The molecule has 3 N–H and O–H groups in total. The lowest BCUT2D eigenvalue weighted by atomic mass is 10.1. The van der Waals surface area contributed by atoms with Crippen LogP contribution in [0, 0.1) is 11.6 Å². The maximum absolute atomic E-state index is 13.4. The molecule has 0 bridgehead atoms. The number of hydrogen-bond acceptors (Lipinski definition) is 3. The van der Waals surface area contributed by atoms with Crippen molar-refractivity contribution in [2.75, 3.05) is 17.7 Å². The Kier molecular flexibility index (Phi) is 3.76. The minimum Gasteiger partial charge on any atom is -0.396 e. The Morgan fingerprint density at radius 1 is 1.44 bits per heavy atom. The molecule has 1 unspecified atom stereocenters. The molecule has 1 saturated heterocycles. The van der Waals surface area contributed by atoms with E-state index in [1.807, 2.05) is 0 Å². The van der Waals surface area contributed by atoms with Gasteiger partial charge < -0.3 is 15.8 Å². The molecule has 98 valence electrons. The molecule has 0 aliphatic carbocycles. The molecule has 1 aliphatic heterocycles. The van der Waals surface area contributed by atoms with Gasteiger partial charge >= 0.3 is 0 Å². The smallest absolute Gasteiger partial charge is 0.227 e. The number of nitrogens with one attached hydrogen (secondary N) is 1. The van der Waals surface area contributed by atoms with Crippen molar-refractivity contribution in [2.45, 2.75) is 25.4 Å². The van der Waals surface area contributed by atoms with Crippen molar-refractivity contribution in [2.24, 2.45) is 0 Å². The zero-order valence-electron chi connectivity index (χ0n) is 9.71. The summed E-state index contributed by atoms with van der Waals surface area (Å²) in [5.41, 5.74) is 4.99. The number of carbonyl (C=O) groups excluding carboxylic acids is 1. The highest BCUT2D eigenvalue weighted by Crippen LogP contribution is 2.22. The number of ether oxygens (including phenoxy) is 1. The molecule has 1 atom stereocenters. The highest BCUT2D eigenvalue weighted by atomic mass is 19.1. The molecule has 1 heterocycles.